The number of carbonyl (C=O) groups is 2. The number of rotatable bonds is 5. The Bertz CT molecular complexity index is 386. The van der Waals surface area contributed by atoms with E-state index in [9.17, 15) is 9.59 Å². The standard InChI is InChI=1S/C12H15NO4/c1-2-11(14)16-8-17-12(15)10-5-3-9(7-13)4-6-10/h3-6H,2,7-8,13H2,1H3. The lowest BCUT2D eigenvalue weighted by Crippen LogP contribution is -2.12. The van der Waals surface area contributed by atoms with Crippen LogP contribution < -0.4 is 5.73 Å². The lowest BCUT2D eigenvalue weighted by atomic mass is 10.1. The second kappa shape index (κ2) is 6.65. The van der Waals surface area contributed by atoms with Crippen molar-refractivity contribution >= 4 is 11.9 Å². The van der Waals surface area contributed by atoms with E-state index in [-0.39, 0.29) is 13.2 Å². The number of ether oxygens (including phenoxy) is 2. The maximum Gasteiger partial charge on any atom is 0.340 e. The predicted octanol–water partition coefficient (Wildman–Crippen LogP) is 1.21. The van der Waals surface area contributed by atoms with Crippen LogP contribution in [0, 0.1) is 0 Å². The number of carbonyl (C=O) groups excluding carboxylic acids is 2. The Balaban J connectivity index is 2.44. The van der Waals surface area contributed by atoms with Crippen LogP contribution in [-0.2, 0) is 20.8 Å². The van der Waals surface area contributed by atoms with Crippen LogP contribution in [-0.4, -0.2) is 18.7 Å². The molecule has 0 saturated heterocycles. The van der Waals surface area contributed by atoms with E-state index in [0.717, 1.165) is 5.56 Å². The van der Waals surface area contributed by atoms with Gasteiger partial charge in [0.05, 0.1) is 5.56 Å². The van der Waals surface area contributed by atoms with Gasteiger partial charge in [0.2, 0.25) is 6.79 Å². The highest BCUT2D eigenvalue weighted by Crippen LogP contribution is 2.05. The summed E-state index contributed by atoms with van der Waals surface area (Å²) in [7, 11) is 0. The summed E-state index contributed by atoms with van der Waals surface area (Å²) in [6.07, 6.45) is 0.253. The van der Waals surface area contributed by atoms with E-state index < -0.39 is 11.9 Å². The van der Waals surface area contributed by atoms with Gasteiger partial charge >= 0.3 is 11.9 Å². The van der Waals surface area contributed by atoms with Crippen molar-refractivity contribution in [3.8, 4) is 0 Å². The molecule has 0 aliphatic carbocycles. The van der Waals surface area contributed by atoms with E-state index in [4.69, 9.17) is 10.5 Å². The summed E-state index contributed by atoms with van der Waals surface area (Å²) in [5.41, 5.74) is 6.76. The molecule has 0 aliphatic heterocycles. The SMILES string of the molecule is CCC(=O)OCOC(=O)c1ccc(CN)cc1. The molecule has 0 radical (unpaired) electrons. The maximum absolute atomic E-state index is 11.5. The third-order valence-electron chi connectivity index (χ3n) is 2.12. The van der Waals surface area contributed by atoms with Gasteiger partial charge < -0.3 is 15.2 Å². The molecule has 0 bridgehead atoms. The largest absolute Gasteiger partial charge is 0.428 e. The van der Waals surface area contributed by atoms with Crippen molar-refractivity contribution in [1.29, 1.82) is 0 Å². The summed E-state index contributed by atoms with van der Waals surface area (Å²) < 4.78 is 9.39. The molecule has 0 saturated carbocycles. The topological polar surface area (TPSA) is 78.6 Å². The zero-order valence-corrected chi connectivity index (χ0v) is 9.64. The van der Waals surface area contributed by atoms with Crippen LogP contribution in [0.3, 0.4) is 0 Å². The van der Waals surface area contributed by atoms with Gasteiger partial charge in [0.25, 0.3) is 0 Å². The quantitative estimate of drug-likeness (QED) is 0.615. The Labute approximate surface area is 99.5 Å². The van der Waals surface area contributed by atoms with E-state index in [1.54, 1.807) is 31.2 Å². The van der Waals surface area contributed by atoms with E-state index in [2.05, 4.69) is 4.74 Å². The maximum atomic E-state index is 11.5. The average Bonchev–Trinajstić information content (AvgIpc) is 2.38. The highest BCUT2D eigenvalue weighted by atomic mass is 16.7. The highest BCUT2D eigenvalue weighted by Gasteiger charge is 2.07. The molecule has 0 heterocycles. The molecule has 0 atom stereocenters. The van der Waals surface area contributed by atoms with Gasteiger partial charge in [0.15, 0.2) is 0 Å². The number of benzene rings is 1. The second-order valence-electron chi connectivity index (χ2n) is 3.32. The summed E-state index contributed by atoms with van der Waals surface area (Å²) in [6, 6.07) is 6.72. The van der Waals surface area contributed by atoms with Crippen LogP contribution in [0.2, 0.25) is 0 Å². The average molecular weight is 237 g/mol. The minimum absolute atomic E-state index is 0.253. The van der Waals surface area contributed by atoms with Gasteiger partial charge in [-0.15, -0.1) is 0 Å². The van der Waals surface area contributed by atoms with Crippen LogP contribution in [0.25, 0.3) is 0 Å². The molecule has 1 aromatic rings. The number of nitrogens with two attached hydrogens (primary N) is 1. The monoisotopic (exact) mass is 237 g/mol. The van der Waals surface area contributed by atoms with Gasteiger partial charge in [-0.2, -0.15) is 0 Å². The molecule has 92 valence electrons. The number of hydrogen-bond donors (Lipinski definition) is 1. The number of hydrogen-bond acceptors (Lipinski definition) is 5. The fraction of sp³-hybridized carbons (Fsp3) is 0.333. The molecule has 0 unspecified atom stereocenters. The van der Waals surface area contributed by atoms with Crippen molar-refractivity contribution in [3.05, 3.63) is 35.4 Å². The van der Waals surface area contributed by atoms with Crippen LogP contribution in [0.5, 0.6) is 0 Å². The van der Waals surface area contributed by atoms with Gasteiger partial charge in [-0.3, -0.25) is 4.79 Å². The van der Waals surface area contributed by atoms with E-state index >= 15 is 0 Å². The van der Waals surface area contributed by atoms with E-state index in [1.165, 1.54) is 0 Å². The molecule has 0 aromatic heterocycles. The van der Waals surface area contributed by atoms with Crippen LogP contribution in [0.1, 0.15) is 29.3 Å². The molecule has 0 fully saturated rings. The molecule has 1 aromatic carbocycles. The second-order valence-corrected chi connectivity index (χ2v) is 3.32. The van der Waals surface area contributed by atoms with Crippen LogP contribution >= 0.6 is 0 Å². The molecular weight excluding hydrogens is 222 g/mol. The molecule has 17 heavy (non-hydrogen) atoms. The van der Waals surface area contributed by atoms with Crippen LogP contribution in [0.15, 0.2) is 24.3 Å². The third kappa shape index (κ3) is 4.24. The first-order valence-corrected chi connectivity index (χ1v) is 5.29. The molecule has 0 spiro atoms. The molecule has 5 heteroatoms. The molecule has 5 nitrogen and oxygen atoms in total. The Morgan fingerprint density at radius 2 is 1.82 bits per heavy atom. The summed E-state index contributed by atoms with van der Waals surface area (Å²) in [5.74, 6) is -0.936. The first-order valence-electron chi connectivity index (χ1n) is 5.29. The van der Waals surface area contributed by atoms with Crippen molar-refractivity contribution in [2.24, 2.45) is 5.73 Å². The first-order chi connectivity index (χ1) is 8.17. The summed E-state index contributed by atoms with van der Waals surface area (Å²) >= 11 is 0. The summed E-state index contributed by atoms with van der Waals surface area (Å²) in [6.45, 7) is 1.73. The van der Waals surface area contributed by atoms with Crippen molar-refractivity contribution in [2.75, 3.05) is 6.79 Å². The summed E-state index contributed by atoms with van der Waals surface area (Å²) in [5, 5.41) is 0. The van der Waals surface area contributed by atoms with Crippen molar-refractivity contribution in [3.63, 3.8) is 0 Å². The first kappa shape index (κ1) is 13.2. The highest BCUT2D eigenvalue weighted by molar-refractivity contribution is 5.89. The van der Waals surface area contributed by atoms with Gasteiger partial charge in [-0.1, -0.05) is 19.1 Å². The Hall–Kier alpha value is -1.88. The molecule has 0 aliphatic rings. The van der Waals surface area contributed by atoms with Crippen molar-refractivity contribution in [2.45, 2.75) is 19.9 Å². The lowest BCUT2D eigenvalue weighted by molar-refractivity contribution is -0.151. The fourth-order valence-electron chi connectivity index (χ4n) is 1.11. The molecular formula is C12H15NO4. The molecule has 2 N–H and O–H groups in total. The van der Waals surface area contributed by atoms with Gasteiger partial charge in [-0.05, 0) is 17.7 Å². The fourth-order valence-corrected chi connectivity index (χ4v) is 1.11. The number of esters is 2. The minimum Gasteiger partial charge on any atom is -0.428 e. The van der Waals surface area contributed by atoms with E-state index in [1.807, 2.05) is 0 Å². The lowest BCUT2D eigenvalue weighted by Gasteiger charge is -2.05. The smallest absolute Gasteiger partial charge is 0.340 e. The summed E-state index contributed by atoms with van der Waals surface area (Å²) in [4.78, 5) is 22.3. The molecule has 0 amide bonds. The van der Waals surface area contributed by atoms with Gasteiger partial charge in [0.1, 0.15) is 0 Å². The zero-order chi connectivity index (χ0) is 12.7. The van der Waals surface area contributed by atoms with Gasteiger partial charge in [0, 0.05) is 13.0 Å². The zero-order valence-electron chi connectivity index (χ0n) is 9.64. The molecule has 1 rings (SSSR count). The van der Waals surface area contributed by atoms with Crippen molar-refractivity contribution < 1.29 is 19.1 Å². The van der Waals surface area contributed by atoms with Gasteiger partial charge in [-0.25, -0.2) is 4.79 Å². The normalized spacial score (nSPS) is 9.76. The van der Waals surface area contributed by atoms with E-state index in [0.29, 0.717) is 12.1 Å². The minimum atomic E-state index is -0.530. The Morgan fingerprint density at radius 3 is 2.35 bits per heavy atom. The van der Waals surface area contributed by atoms with Crippen LogP contribution in [0.4, 0.5) is 0 Å². The third-order valence-corrected chi connectivity index (χ3v) is 2.12. The Kier molecular flexibility index (Phi) is 5.16. The van der Waals surface area contributed by atoms with Crippen molar-refractivity contribution in [1.82, 2.24) is 0 Å². The predicted molar refractivity (Wildman–Crippen MR) is 61.0 cm³/mol. The Morgan fingerprint density at radius 1 is 1.18 bits per heavy atom.